The number of carbonyl (C=O) groups is 1. The van der Waals surface area contributed by atoms with E-state index in [4.69, 9.17) is 4.74 Å². The molecule has 2 aromatic rings. The van der Waals surface area contributed by atoms with Crippen LogP contribution in [0.5, 0.6) is 0 Å². The zero-order valence-corrected chi connectivity index (χ0v) is 15.0. The molecule has 1 aromatic carbocycles. The summed E-state index contributed by atoms with van der Waals surface area (Å²) in [6.07, 6.45) is 0. The van der Waals surface area contributed by atoms with Crippen LogP contribution in [0.1, 0.15) is 16.1 Å². The second kappa shape index (κ2) is 8.73. The minimum absolute atomic E-state index is 0.129. The molecule has 1 aromatic heterocycles. The number of carbonyl (C=O) groups excluding carboxylic acids is 1. The second-order valence-electron chi connectivity index (χ2n) is 6.33. The number of nitrogens with zero attached hydrogens (tertiary/aromatic N) is 4. The number of benzene rings is 1. The smallest absolute Gasteiger partial charge is 0.274 e. The molecular weight excluding hydrogens is 332 g/mol. The van der Waals surface area contributed by atoms with E-state index in [1.807, 2.05) is 18.2 Å². The Morgan fingerprint density at radius 2 is 1.81 bits per heavy atom. The highest BCUT2D eigenvalue weighted by molar-refractivity contribution is 5.92. The van der Waals surface area contributed by atoms with Crippen LogP contribution in [0, 0.1) is 0 Å². The van der Waals surface area contributed by atoms with E-state index in [0.29, 0.717) is 31.9 Å². The maximum Gasteiger partial charge on any atom is 0.274 e. The third-order valence-electron chi connectivity index (χ3n) is 4.50. The first-order valence-electron chi connectivity index (χ1n) is 8.80. The van der Waals surface area contributed by atoms with Gasteiger partial charge in [0, 0.05) is 45.9 Å². The molecule has 7 nitrogen and oxygen atoms in total. The summed E-state index contributed by atoms with van der Waals surface area (Å²) in [5, 5.41) is 4.19. The minimum Gasteiger partial charge on any atom is -0.383 e. The molecule has 26 heavy (non-hydrogen) atoms. The van der Waals surface area contributed by atoms with E-state index in [0.717, 1.165) is 19.6 Å². The van der Waals surface area contributed by atoms with Gasteiger partial charge in [-0.3, -0.25) is 14.5 Å². The Morgan fingerprint density at radius 3 is 2.50 bits per heavy atom. The molecule has 2 heterocycles. The Labute approximate surface area is 152 Å². The number of hydrogen-bond acceptors (Lipinski definition) is 5. The number of ether oxygens (including phenoxy) is 1. The summed E-state index contributed by atoms with van der Waals surface area (Å²) in [6.45, 7) is 4.57. The summed E-state index contributed by atoms with van der Waals surface area (Å²) < 4.78 is 6.26. The fraction of sp³-hybridized carbons (Fsp3) is 0.421. The van der Waals surface area contributed by atoms with E-state index in [9.17, 15) is 9.59 Å². The lowest BCUT2D eigenvalue weighted by Crippen LogP contribution is -2.48. The molecule has 1 aliphatic heterocycles. The fourth-order valence-corrected chi connectivity index (χ4v) is 3.01. The van der Waals surface area contributed by atoms with Crippen LogP contribution in [0.15, 0.2) is 47.3 Å². The van der Waals surface area contributed by atoms with Gasteiger partial charge in [-0.25, -0.2) is 4.68 Å². The van der Waals surface area contributed by atoms with Crippen LogP contribution in [0.4, 0.5) is 0 Å². The summed E-state index contributed by atoms with van der Waals surface area (Å²) in [5.74, 6) is -0.129. The highest BCUT2D eigenvalue weighted by atomic mass is 16.5. The highest BCUT2D eigenvalue weighted by Crippen LogP contribution is 2.10. The standard InChI is InChI=1S/C19H24N4O3/c1-26-14-13-23-18(24)8-7-17(20-23)19(25)22-11-9-21(10-12-22)15-16-5-3-2-4-6-16/h2-8H,9-15H2,1H3. The van der Waals surface area contributed by atoms with E-state index in [1.165, 1.54) is 22.4 Å². The van der Waals surface area contributed by atoms with Gasteiger partial charge < -0.3 is 9.64 Å². The van der Waals surface area contributed by atoms with Gasteiger partial charge in [-0.15, -0.1) is 0 Å². The first-order chi connectivity index (χ1) is 12.7. The summed E-state index contributed by atoms with van der Waals surface area (Å²) in [4.78, 5) is 28.6. The molecule has 0 atom stereocenters. The average Bonchev–Trinajstić information content (AvgIpc) is 2.68. The van der Waals surface area contributed by atoms with Crippen LogP contribution in [0.2, 0.25) is 0 Å². The van der Waals surface area contributed by atoms with Crippen LogP contribution in [0.25, 0.3) is 0 Å². The molecule has 138 valence electrons. The molecule has 0 spiro atoms. The lowest BCUT2D eigenvalue weighted by Gasteiger charge is -2.34. The number of piperazine rings is 1. The van der Waals surface area contributed by atoms with E-state index in [1.54, 1.807) is 12.0 Å². The molecule has 1 saturated heterocycles. The van der Waals surface area contributed by atoms with Crippen molar-refractivity contribution in [1.82, 2.24) is 19.6 Å². The molecule has 0 unspecified atom stereocenters. The third kappa shape index (κ3) is 4.56. The first-order valence-corrected chi connectivity index (χ1v) is 8.80. The summed E-state index contributed by atoms with van der Waals surface area (Å²) in [6, 6.07) is 13.2. The van der Waals surface area contributed by atoms with E-state index in [2.05, 4.69) is 22.1 Å². The van der Waals surface area contributed by atoms with Gasteiger partial charge in [0.05, 0.1) is 13.2 Å². The quantitative estimate of drug-likeness (QED) is 0.768. The molecule has 0 bridgehead atoms. The zero-order chi connectivity index (χ0) is 18.4. The van der Waals surface area contributed by atoms with Crippen LogP contribution in [-0.2, 0) is 17.8 Å². The van der Waals surface area contributed by atoms with E-state index < -0.39 is 0 Å². The van der Waals surface area contributed by atoms with Crippen LogP contribution in [-0.4, -0.2) is 65.4 Å². The van der Waals surface area contributed by atoms with Crippen molar-refractivity contribution in [1.29, 1.82) is 0 Å². The number of amides is 1. The molecule has 1 fully saturated rings. The second-order valence-corrected chi connectivity index (χ2v) is 6.33. The summed E-state index contributed by atoms with van der Waals surface area (Å²) in [5.41, 5.74) is 1.35. The Morgan fingerprint density at radius 1 is 1.08 bits per heavy atom. The number of rotatable bonds is 6. The number of hydrogen-bond donors (Lipinski definition) is 0. The van der Waals surface area contributed by atoms with Crippen LogP contribution in [0.3, 0.4) is 0 Å². The maximum atomic E-state index is 12.7. The van der Waals surface area contributed by atoms with Crippen molar-refractivity contribution < 1.29 is 9.53 Å². The SMILES string of the molecule is COCCn1nc(C(=O)N2CCN(Cc3ccccc3)CC2)ccc1=O. The largest absolute Gasteiger partial charge is 0.383 e. The Kier molecular flexibility index (Phi) is 6.14. The Hall–Kier alpha value is -2.51. The van der Waals surface area contributed by atoms with E-state index >= 15 is 0 Å². The Bertz CT molecular complexity index is 783. The van der Waals surface area contributed by atoms with Crippen LogP contribution < -0.4 is 5.56 Å². The van der Waals surface area contributed by atoms with Crippen molar-refractivity contribution in [2.24, 2.45) is 0 Å². The lowest BCUT2D eigenvalue weighted by molar-refractivity contribution is 0.0619. The van der Waals surface area contributed by atoms with Crippen LogP contribution >= 0.6 is 0 Å². The predicted octanol–water partition coefficient (Wildman–Crippen LogP) is 0.848. The van der Waals surface area contributed by atoms with Gasteiger partial charge in [-0.1, -0.05) is 30.3 Å². The fourth-order valence-electron chi connectivity index (χ4n) is 3.01. The molecule has 1 amide bonds. The normalized spacial score (nSPS) is 15.2. The molecule has 0 aliphatic carbocycles. The van der Waals surface area contributed by atoms with Crippen molar-refractivity contribution in [3.05, 3.63) is 64.1 Å². The molecule has 3 rings (SSSR count). The molecule has 1 aliphatic rings. The number of methoxy groups -OCH3 is 1. The van der Waals surface area contributed by atoms with Crippen molar-refractivity contribution in [3.8, 4) is 0 Å². The van der Waals surface area contributed by atoms with Gasteiger partial charge in [0.1, 0.15) is 5.69 Å². The van der Waals surface area contributed by atoms with E-state index in [-0.39, 0.29) is 11.5 Å². The molecule has 0 N–H and O–H groups in total. The van der Waals surface area contributed by atoms with Crippen molar-refractivity contribution >= 4 is 5.91 Å². The van der Waals surface area contributed by atoms with Gasteiger partial charge in [0.25, 0.3) is 11.5 Å². The molecule has 0 saturated carbocycles. The average molecular weight is 356 g/mol. The molecule has 7 heteroatoms. The maximum absolute atomic E-state index is 12.7. The first kappa shape index (κ1) is 18.3. The third-order valence-corrected chi connectivity index (χ3v) is 4.50. The van der Waals surface area contributed by atoms with Crippen molar-refractivity contribution in [2.45, 2.75) is 13.1 Å². The monoisotopic (exact) mass is 356 g/mol. The summed E-state index contributed by atoms with van der Waals surface area (Å²) >= 11 is 0. The summed E-state index contributed by atoms with van der Waals surface area (Å²) in [7, 11) is 1.56. The Balaban J connectivity index is 1.59. The van der Waals surface area contributed by atoms with Gasteiger partial charge in [-0.2, -0.15) is 5.10 Å². The minimum atomic E-state index is -0.230. The molecule has 0 radical (unpaired) electrons. The predicted molar refractivity (Wildman–Crippen MR) is 98.0 cm³/mol. The molecular formula is C19H24N4O3. The van der Waals surface area contributed by atoms with Crippen molar-refractivity contribution in [3.63, 3.8) is 0 Å². The van der Waals surface area contributed by atoms with Gasteiger partial charge >= 0.3 is 0 Å². The van der Waals surface area contributed by atoms with Gasteiger partial charge in [0.15, 0.2) is 0 Å². The lowest BCUT2D eigenvalue weighted by atomic mass is 10.2. The topological polar surface area (TPSA) is 67.7 Å². The van der Waals surface area contributed by atoms with Crippen molar-refractivity contribution in [2.75, 3.05) is 39.9 Å². The number of aromatic nitrogens is 2. The highest BCUT2D eigenvalue weighted by Gasteiger charge is 2.23. The van der Waals surface area contributed by atoms with Gasteiger partial charge in [-0.05, 0) is 11.6 Å². The van der Waals surface area contributed by atoms with Gasteiger partial charge in [0.2, 0.25) is 0 Å². The zero-order valence-electron chi connectivity index (χ0n) is 15.0.